The Morgan fingerprint density at radius 1 is 0.704 bits per heavy atom. The van der Waals surface area contributed by atoms with Crippen molar-refractivity contribution in [1.82, 2.24) is 4.98 Å². The molecular weight excluding hydrogens is 336 g/mol. The minimum atomic E-state index is -0.395. The maximum absolute atomic E-state index is 10.8. The number of pyridine rings is 1. The molecule has 0 aliphatic carbocycles. The second-order valence-corrected chi connectivity index (χ2v) is 6.55. The number of non-ortho nitro benzene ring substituents is 1. The number of benzene rings is 4. The Labute approximate surface area is 154 Å². The molecule has 0 unspecified atom stereocenters. The highest BCUT2D eigenvalue weighted by Crippen LogP contribution is 2.30. The lowest BCUT2D eigenvalue weighted by Crippen LogP contribution is -1.89. The Hall–Kier alpha value is -3.79. The summed E-state index contributed by atoms with van der Waals surface area (Å²) in [6.07, 6.45) is 0. The second kappa shape index (κ2) is 5.88. The Morgan fingerprint density at radius 3 is 2.19 bits per heavy atom. The molecule has 4 nitrogen and oxygen atoms in total. The lowest BCUT2D eigenvalue weighted by atomic mass is 9.99. The fourth-order valence-electron chi connectivity index (χ4n) is 3.54. The molecular formula is C23H14N2O2. The molecule has 0 saturated heterocycles. The molecule has 0 saturated carbocycles. The van der Waals surface area contributed by atoms with E-state index >= 15 is 0 Å². The van der Waals surface area contributed by atoms with E-state index in [0.717, 1.165) is 22.2 Å². The highest BCUT2D eigenvalue weighted by Gasteiger charge is 2.08. The molecule has 0 aliphatic heterocycles. The van der Waals surface area contributed by atoms with Crippen LogP contribution in [0.15, 0.2) is 84.9 Å². The van der Waals surface area contributed by atoms with Gasteiger partial charge in [0, 0.05) is 23.1 Å². The lowest BCUT2D eigenvalue weighted by molar-refractivity contribution is -0.384. The monoisotopic (exact) mass is 350 g/mol. The predicted molar refractivity (Wildman–Crippen MR) is 109 cm³/mol. The molecule has 0 aliphatic rings. The molecule has 0 radical (unpaired) electrons. The van der Waals surface area contributed by atoms with Crippen molar-refractivity contribution in [3.8, 4) is 11.3 Å². The van der Waals surface area contributed by atoms with Gasteiger partial charge in [0.05, 0.1) is 16.1 Å². The zero-order valence-corrected chi connectivity index (χ0v) is 14.3. The summed E-state index contributed by atoms with van der Waals surface area (Å²) in [5, 5.41) is 16.7. The Bertz CT molecular complexity index is 1340. The van der Waals surface area contributed by atoms with Gasteiger partial charge < -0.3 is 0 Å². The van der Waals surface area contributed by atoms with Crippen LogP contribution < -0.4 is 0 Å². The fraction of sp³-hybridized carbons (Fsp3) is 0. The number of nitro benzene ring substituents is 1. The van der Waals surface area contributed by atoms with Crippen LogP contribution >= 0.6 is 0 Å². The fourth-order valence-corrected chi connectivity index (χ4v) is 3.54. The first kappa shape index (κ1) is 15.5. The molecule has 0 spiro atoms. The first-order chi connectivity index (χ1) is 13.2. The van der Waals surface area contributed by atoms with Gasteiger partial charge >= 0.3 is 0 Å². The Kier molecular flexibility index (Phi) is 3.37. The van der Waals surface area contributed by atoms with Crippen LogP contribution in [0.3, 0.4) is 0 Å². The molecule has 5 rings (SSSR count). The molecule has 0 atom stereocenters. The van der Waals surface area contributed by atoms with Crippen molar-refractivity contribution in [1.29, 1.82) is 0 Å². The van der Waals surface area contributed by atoms with Gasteiger partial charge in [-0.05, 0) is 57.9 Å². The van der Waals surface area contributed by atoms with Crippen LogP contribution in [0.2, 0.25) is 0 Å². The summed E-state index contributed by atoms with van der Waals surface area (Å²) in [7, 11) is 0. The van der Waals surface area contributed by atoms with Gasteiger partial charge in [-0.15, -0.1) is 0 Å². The van der Waals surface area contributed by atoms with Gasteiger partial charge in [0.25, 0.3) is 5.69 Å². The summed E-state index contributed by atoms with van der Waals surface area (Å²) in [5.41, 5.74) is 2.66. The van der Waals surface area contributed by atoms with Crippen LogP contribution in [0.25, 0.3) is 43.7 Å². The van der Waals surface area contributed by atoms with Crippen LogP contribution in [0, 0.1) is 10.1 Å². The normalized spacial score (nSPS) is 11.3. The molecule has 0 N–H and O–H groups in total. The van der Waals surface area contributed by atoms with E-state index in [-0.39, 0.29) is 5.69 Å². The van der Waals surface area contributed by atoms with Crippen molar-refractivity contribution in [3.63, 3.8) is 0 Å². The smallest absolute Gasteiger partial charge is 0.258 e. The number of rotatable bonds is 2. The first-order valence-electron chi connectivity index (χ1n) is 8.66. The van der Waals surface area contributed by atoms with E-state index in [1.165, 1.54) is 33.7 Å². The third-order valence-electron chi connectivity index (χ3n) is 4.93. The van der Waals surface area contributed by atoms with Gasteiger partial charge in [0.2, 0.25) is 0 Å². The van der Waals surface area contributed by atoms with Crippen molar-refractivity contribution < 1.29 is 4.92 Å². The van der Waals surface area contributed by atoms with Crippen molar-refractivity contribution in [2.45, 2.75) is 0 Å². The summed E-state index contributed by atoms with van der Waals surface area (Å²) < 4.78 is 0. The van der Waals surface area contributed by atoms with Gasteiger partial charge in [-0.25, -0.2) is 4.98 Å². The van der Waals surface area contributed by atoms with E-state index in [9.17, 15) is 10.1 Å². The topological polar surface area (TPSA) is 56.0 Å². The molecule has 27 heavy (non-hydrogen) atoms. The van der Waals surface area contributed by atoms with Crippen LogP contribution in [0.1, 0.15) is 0 Å². The average Bonchev–Trinajstić information content (AvgIpc) is 2.72. The highest BCUT2D eigenvalue weighted by molar-refractivity contribution is 6.11. The molecule has 0 fully saturated rings. The standard InChI is InChI=1S/C23H14N2O2/c26-25(27)19-8-5-15(6-9-19)22-12-10-20-21-14-17-4-2-1-3-16(17)13-18(21)7-11-23(20)24-22/h1-14H. The molecule has 1 heterocycles. The average molecular weight is 350 g/mol. The molecule has 5 aromatic rings. The van der Waals surface area contributed by atoms with Gasteiger partial charge in [-0.2, -0.15) is 0 Å². The number of hydrogen-bond donors (Lipinski definition) is 0. The predicted octanol–water partition coefficient (Wildman–Crippen LogP) is 6.12. The third kappa shape index (κ3) is 2.59. The van der Waals surface area contributed by atoms with Crippen LogP contribution in [0.4, 0.5) is 5.69 Å². The number of nitro groups is 1. The molecule has 0 bridgehead atoms. The van der Waals surface area contributed by atoms with E-state index in [0.29, 0.717) is 0 Å². The van der Waals surface area contributed by atoms with Gasteiger partial charge in [0.15, 0.2) is 0 Å². The number of fused-ring (bicyclic) bond motifs is 4. The molecule has 0 amide bonds. The van der Waals surface area contributed by atoms with Crippen LogP contribution in [0.5, 0.6) is 0 Å². The maximum atomic E-state index is 10.8. The molecule has 128 valence electrons. The SMILES string of the molecule is O=[N+]([O-])c1ccc(-c2ccc3c(ccc4cc5ccccc5cc43)n2)cc1. The highest BCUT2D eigenvalue weighted by atomic mass is 16.6. The second-order valence-electron chi connectivity index (χ2n) is 6.55. The minimum Gasteiger partial charge on any atom is -0.258 e. The van der Waals surface area contributed by atoms with Crippen molar-refractivity contribution in [2.75, 3.05) is 0 Å². The largest absolute Gasteiger partial charge is 0.269 e. The number of hydrogen-bond acceptors (Lipinski definition) is 3. The van der Waals surface area contributed by atoms with E-state index in [1.54, 1.807) is 12.1 Å². The van der Waals surface area contributed by atoms with E-state index in [1.807, 2.05) is 24.3 Å². The summed E-state index contributed by atoms with van der Waals surface area (Å²) in [6, 6.07) is 27.4. The quantitative estimate of drug-likeness (QED) is 0.167. The number of aromatic nitrogens is 1. The Balaban J connectivity index is 1.68. The van der Waals surface area contributed by atoms with Gasteiger partial charge in [0.1, 0.15) is 0 Å². The molecule has 4 heteroatoms. The molecule has 4 aromatic carbocycles. The zero-order chi connectivity index (χ0) is 18.4. The summed E-state index contributed by atoms with van der Waals surface area (Å²) in [6.45, 7) is 0. The minimum absolute atomic E-state index is 0.0809. The lowest BCUT2D eigenvalue weighted by Gasteiger charge is -2.08. The van der Waals surface area contributed by atoms with E-state index in [4.69, 9.17) is 4.98 Å². The Morgan fingerprint density at radius 2 is 1.44 bits per heavy atom. The molecule has 1 aromatic heterocycles. The van der Waals surface area contributed by atoms with Crippen LogP contribution in [-0.4, -0.2) is 9.91 Å². The first-order valence-corrected chi connectivity index (χ1v) is 8.66. The van der Waals surface area contributed by atoms with Gasteiger partial charge in [-0.3, -0.25) is 10.1 Å². The summed E-state index contributed by atoms with van der Waals surface area (Å²) >= 11 is 0. The van der Waals surface area contributed by atoms with Crippen molar-refractivity contribution in [3.05, 3.63) is 95.0 Å². The van der Waals surface area contributed by atoms with E-state index in [2.05, 4.69) is 36.4 Å². The number of nitrogens with zero attached hydrogens (tertiary/aromatic N) is 2. The van der Waals surface area contributed by atoms with Crippen LogP contribution in [-0.2, 0) is 0 Å². The van der Waals surface area contributed by atoms with Crippen molar-refractivity contribution in [2.24, 2.45) is 0 Å². The maximum Gasteiger partial charge on any atom is 0.269 e. The zero-order valence-electron chi connectivity index (χ0n) is 14.3. The third-order valence-corrected chi connectivity index (χ3v) is 4.93. The summed E-state index contributed by atoms with van der Waals surface area (Å²) in [4.78, 5) is 15.2. The van der Waals surface area contributed by atoms with E-state index < -0.39 is 4.92 Å². The summed E-state index contributed by atoms with van der Waals surface area (Å²) in [5.74, 6) is 0. The van der Waals surface area contributed by atoms with Gasteiger partial charge in [-0.1, -0.05) is 36.4 Å². The van der Waals surface area contributed by atoms with Crippen molar-refractivity contribution >= 4 is 38.1 Å².